The third kappa shape index (κ3) is 3.59. The molecule has 0 saturated carbocycles. The number of carbonyl (C=O) groups is 2. The molecule has 0 radical (unpaired) electrons. The first kappa shape index (κ1) is 15.9. The molecular weight excluding hydrogens is 278 g/mol. The van der Waals surface area contributed by atoms with Gasteiger partial charge in [-0.05, 0) is 18.9 Å². The molecule has 2 N–H and O–H groups in total. The van der Waals surface area contributed by atoms with Gasteiger partial charge in [-0.15, -0.1) is 0 Å². The molecule has 0 aliphatic heterocycles. The van der Waals surface area contributed by atoms with Crippen molar-refractivity contribution in [1.29, 1.82) is 0 Å². The van der Waals surface area contributed by atoms with E-state index < -0.39 is 17.3 Å². The van der Waals surface area contributed by atoms with Gasteiger partial charge in [-0.25, -0.2) is 4.79 Å². The Kier molecular flexibility index (Phi) is 5.07. The summed E-state index contributed by atoms with van der Waals surface area (Å²) in [7, 11) is 0. The van der Waals surface area contributed by atoms with Crippen molar-refractivity contribution in [3.63, 3.8) is 0 Å². The summed E-state index contributed by atoms with van der Waals surface area (Å²) in [6.07, 6.45) is 0.659. The maximum absolute atomic E-state index is 12.5. The van der Waals surface area contributed by atoms with Crippen LogP contribution >= 0.6 is 0 Å². The Bertz CT molecular complexity index is 640. The van der Waals surface area contributed by atoms with Crippen LogP contribution in [0.5, 0.6) is 0 Å². The summed E-state index contributed by atoms with van der Waals surface area (Å²) in [5, 5.41) is 12.4. The Morgan fingerprint density at radius 1 is 1.00 bits per heavy atom. The van der Waals surface area contributed by atoms with E-state index in [4.69, 9.17) is 0 Å². The number of benzene rings is 2. The quantitative estimate of drug-likeness (QED) is 0.609. The van der Waals surface area contributed by atoms with E-state index in [1.54, 1.807) is 30.3 Å². The van der Waals surface area contributed by atoms with E-state index in [0.717, 1.165) is 5.56 Å². The molecule has 1 unspecified atom stereocenters. The van der Waals surface area contributed by atoms with Gasteiger partial charge in [0.1, 0.15) is 0 Å². The largest absolute Gasteiger partial charge is 0.480 e. The third-order valence-electron chi connectivity index (χ3n) is 3.65. The number of hydrogen-bond donors (Lipinski definition) is 2. The van der Waals surface area contributed by atoms with E-state index >= 15 is 0 Å². The molecule has 0 aliphatic rings. The Labute approximate surface area is 129 Å². The fraction of sp³-hybridized carbons (Fsp3) is 0.222. The van der Waals surface area contributed by atoms with Gasteiger partial charge >= 0.3 is 5.97 Å². The van der Waals surface area contributed by atoms with Crippen molar-refractivity contribution in [3.8, 4) is 0 Å². The summed E-state index contributed by atoms with van der Waals surface area (Å²) in [6, 6.07) is 18.2. The van der Waals surface area contributed by atoms with Gasteiger partial charge in [0.15, 0.2) is 11.3 Å². The lowest BCUT2D eigenvalue weighted by atomic mass is 9.91. The first-order valence-electron chi connectivity index (χ1n) is 7.16. The summed E-state index contributed by atoms with van der Waals surface area (Å²) in [6.45, 7) is 1.82. The smallest absolute Gasteiger partial charge is 0.331 e. The second-order valence-electron chi connectivity index (χ2n) is 5.29. The van der Waals surface area contributed by atoms with Gasteiger partial charge in [-0.2, -0.15) is 0 Å². The minimum Gasteiger partial charge on any atom is -0.480 e. The van der Waals surface area contributed by atoms with Crippen molar-refractivity contribution >= 4 is 11.8 Å². The zero-order valence-electron chi connectivity index (χ0n) is 12.5. The first-order chi connectivity index (χ1) is 10.5. The van der Waals surface area contributed by atoms with Crippen LogP contribution in [0.25, 0.3) is 0 Å². The summed E-state index contributed by atoms with van der Waals surface area (Å²) in [4.78, 5) is 24.1. The molecule has 2 aromatic carbocycles. The summed E-state index contributed by atoms with van der Waals surface area (Å²) in [5.74, 6) is -1.61. The van der Waals surface area contributed by atoms with Crippen LogP contribution in [0.2, 0.25) is 0 Å². The number of rotatable bonds is 7. The molecule has 0 amide bonds. The van der Waals surface area contributed by atoms with E-state index in [2.05, 4.69) is 5.32 Å². The van der Waals surface area contributed by atoms with Crippen molar-refractivity contribution in [2.45, 2.75) is 18.9 Å². The van der Waals surface area contributed by atoms with E-state index in [1.165, 1.54) is 6.92 Å². The fourth-order valence-electron chi connectivity index (χ4n) is 2.23. The SMILES string of the molecule is CC(NCCc1ccccc1)(C(=O)O)C(=O)c1ccccc1. The van der Waals surface area contributed by atoms with Gasteiger partial charge in [0.05, 0.1) is 0 Å². The molecule has 0 aromatic heterocycles. The normalized spacial score (nSPS) is 13.3. The van der Waals surface area contributed by atoms with Crippen LogP contribution in [0, 0.1) is 0 Å². The molecular formula is C18H19NO3. The van der Waals surface area contributed by atoms with E-state index in [-0.39, 0.29) is 0 Å². The number of hydrogen-bond acceptors (Lipinski definition) is 3. The standard InChI is InChI=1S/C18H19NO3/c1-18(17(21)22,16(20)15-10-6-3-7-11-15)19-13-12-14-8-4-2-5-9-14/h2-11,19H,12-13H2,1H3,(H,21,22). The molecule has 22 heavy (non-hydrogen) atoms. The van der Waals surface area contributed by atoms with Crippen LogP contribution < -0.4 is 5.32 Å². The summed E-state index contributed by atoms with van der Waals surface area (Å²) < 4.78 is 0. The maximum Gasteiger partial charge on any atom is 0.331 e. The zero-order chi connectivity index (χ0) is 16.0. The number of carboxylic acid groups (broad SMARTS) is 1. The van der Waals surface area contributed by atoms with Gasteiger partial charge < -0.3 is 5.11 Å². The van der Waals surface area contributed by atoms with Gasteiger partial charge in [0.2, 0.25) is 0 Å². The molecule has 2 rings (SSSR count). The Morgan fingerprint density at radius 2 is 1.55 bits per heavy atom. The van der Waals surface area contributed by atoms with Crippen LogP contribution in [0.3, 0.4) is 0 Å². The Hall–Kier alpha value is -2.46. The van der Waals surface area contributed by atoms with Crippen LogP contribution in [0.4, 0.5) is 0 Å². The molecule has 1 atom stereocenters. The molecule has 4 nitrogen and oxygen atoms in total. The molecule has 0 bridgehead atoms. The molecule has 0 spiro atoms. The molecule has 0 saturated heterocycles. The second-order valence-corrected chi connectivity index (χ2v) is 5.29. The average Bonchev–Trinajstić information content (AvgIpc) is 2.55. The van der Waals surface area contributed by atoms with E-state index in [9.17, 15) is 14.7 Å². The third-order valence-corrected chi connectivity index (χ3v) is 3.65. The van der Waals surface area contributed by atoms with Gasteiger partial charge in [-0.3, -0.25) is 10.1 Å². The lowest BCUT2D eigenvalue weighted by Crippen LogP contribution is -2.56. The summed E-state index contributed by atoms with van der Waals surface area (Å²) >= 11 is 0. The molecule has 0 fully saturated rings. The Balaban J connectivity index is 2.08. The number of carboxylic acids is 1. The predicted molar refractivity (Wildman–Crippen MR) is 85.0 cm³/mol. The highest BCUT2D eigenvalue weighted by atomic mass is 16.4. The van der Waals surface area contributed by atoms with Crippen LogP contribution in [0.1, 0.15) is 22.8 Å². The van der Waals surface area contributed by atoms with Gasteiger partial charge in [0, 0.05) is 12.1 Å². The second kappa shape index (κ2) is 7.00. The predicted octanol–water partition coefficient (Wildman–Crippen LogP) is 2.54. The number of nitrogens with one attached hydrogen (secondary N) is 1. The number of carbonyl (C=O) groups excluding carboxylic acids is 1. The van der Waals surface area contributed by atoms with Crippen LogP contribution in [-0.4, -0.2) is 28.9 Å². The van der Waals surface area contributed by atoms with E-state index in [0.29, 0.717) is 18.5 Å². The highest BCUT2D eigenvalue weighted by Crippen LogP contribution is 2.14. The Morgan fingerprint density at radius 3 is 2.09 bits per heavy atom. The van der Waals surface area contributed by atoms with Crippen molar-refractivity contribution in [1.82, 2.24) is 5.32 Å². The summed E-state index contributed by atoms with van der Waals surface area (Å²) in [5.41, 5.74) is -0.148. The lowest BCUT2D eigenvalue weighted by Gasteiger charge is -2.25. The van der Waals surface area contributed by atoms with Crippen molar-refractivity contribution in [3.05, 3.63) is 71.8 Å². The lowest BCUT2D eigenvalue weighted by molar-refractivity contribution is -0.142. The number of Topliss-reactive ketones (excluding diaryl/α,β-unsaturated/α-hetero) is 1. The minimum atomic E-state index is -1.63. The molecule has 4 heteroatoms. The molecule has 114 valence electrons. The topological polar surface area (TPSA) is 66.4 Å². The van der Waals surface area contributed by atoms with Crippen molar-refractivity contribution in [2.24, 2.45) is 0 Å². The average molecular weight is 297 g/mol. The number of aliphatic carboxylic acids is 1. The monoisotopic (exact) mass is 297 g/mol. The van der Waals surface area contributed by atoms with Gasteiger partial charge in [-0.1, -0.05) is 60.7 Å². The fourth-order valence-corrected chi connectivity index (χ4v) is 2.23. The van der Waals surface area contributed by atoms with Crippen molar-refractivity contribution in [2.75, 3.05) is 6.54 Å². The van der Waals surface area contributed by atoms with Crippen LogP contribution in [0.15, 0.2) is 60.7 Å². The zero-order valence-corrected chi connectivity index (χ0v) is 12.5. The molecule has 0 aliphatic carbocycles. The first-order valence-corrected chi connectivity index (χ1v) is 7.16. The van der Waals surface area contributed by atoms with Crippen LogP contribution in [-0.2, 0) is 11.2 Å². The molecule has 2 aromatic rings. The minimum absolute atomic E-state index is 0.389. The van der Waals surface area contributed by atoms with E-state index in [1.807, 2.05) is 30.3 Å². The highest BCUT2D eigenvalue weighted by Gasteiger charge is 2.41. The highest BCUT2D eigenvalue weighted by molar-refractivity contribution is 6.15. The molecule has 0 heterocycles. The van der Waals surface area contributed by atoms with Gasteiger partial charge in [0.25, 0.3) is 0 Å². The maximum atomic E-state index is 12.5. The van der Waals surface area contributed by atoms with Crippen molar-refractivity contribution < 1.29 is 14.7 Å². The number of ketones is 1.